The predicted octanol–water partition coefficient (Wildman–Crippen LogP) is 3.34. The fourth-order valence-corrected chi connectivity index (χ4v) is 3.13. The van der Waals surface area contributed by atoms with E-state index in [-0.39, 0.29) is 6.04 Å². The molecular formula is C16H15N6S+. The Bertz CT molecular complexity index is 942. The van der Waals surface area contributed by atoms with Gasteiger partial charge in [0.1, 0.15) is 11.0 Å². The van der Waals surface area contributed by atoms with Gasteiger partial charge in [0.2, 0.25) is 0 Å². The zero-order valence-electron chi connectivity index (χ0n) is 12.8. The van der Waals surface area contributed by atoms with E-state index in [1.165, 1.54) is 11.7 Å². The quantitative estimate of drug-likeness (QED) is 0.694. The molecule has 1 aliphatic heterocycles. The molecule has 0 radical (unpaired) electrons. The highest BCUT2D eigenvalue weighted by molar-refractivity contribution is 7.00. The van der Waals surface area contributed by atoms with Crippen molar-refractivity contribution in [3.8, 4) is 0 Å². The minimum atomic E-state index is -0.157. The first-order valence-electron chi connectivity index (χ1n) is 7.47. The summed E-state index contributed by atoms with van der Waals surface area (Å²) in [6.07, 6.45) is 0. The normalized spacial score (nSPS) is 17.4. The number of nitrogens with zero attached hydrogens (tertiary/aromatic N) is 6. The maximum absolute atomic E-state index is 4.70. The number of benzene rings is 1. The topological polar surface area (TPSA) is 66.4 Å². The molecule has 23 heavy (non-hydrogen) atoms. The lowest BCUT2D eigenvalue weighted by Crippen LogP contribution is -2.11. The van der Waals surface area contributed by atoms with Crippen LogP contribution in [-0.4, -0.2) is 30.8 Å². The van der Waals surface area contributed by atoms with Gasteiger partial charge in [-0.05, 0) is 36.8 Å². The highest BCUT2D eigenvalue weighted by atomic mass is 32.1. The summed E-state index contributed by atoms with van der Waals surface area (Å²) in [5.74, 6) is 0. The highest BCUT2D eigenvalue weighted by Crippen LogP contribution is 2.29. The first kappa shape index (κ1) is 14.1. The van der Waals surface area contributed by atoms with Gasteiger partial charge in [-0.15, -0.1) is 0 Å². The maximum Gasteiger partial charge on any atom is 0.200 e. The first-order valence-corrected chi connectivity index (χ1v) is 8.20. The van der Waals surface area contributed by atoms with Crippen molar-refractivity contribution in [2.24, 2.45) is 10.2 Å². The fourth-order valence-electron chi connectivity index (χ4n) is 2.62. The van der Waals surface area contributed by atoms with E-state index in [2.05, 4.69) is 18.8 Å². The number of hydrazone groups is 1. The van der Waals surface area contributed by atoms with Crippen LogP contribution in [0.4, 0.5) is 0 Å². The Kier molecular flexibility index (Phi) is 3.42. The molecular weight excluding hydrogens is 308 g/mol. The Morgan fingerprint density at radius 3 is 2.83 bits per heavy atom. The molecule has 4 rings (SSSR count). The lowest BCUT2D eigenvalue weighted by Gasteiger charge is -2.06. The van der Waals surface area contributed by atoms with Crippen LogP contribution < -0.4 is 0 Å². The van der Waals surface area contributed by atoms with Crippen LogP contribution in [0.15, 0.2) is 46.6 Å². The molecule has 0 saturated heterocycles. The summed E-state index contributed by atoms with van der Waals surface area (Å²) in [5, 5.41) is 9.33. The van der Waals surface area contributed by atoms with Crippen molar-refractivity contribution in [2.45, 2.75) is 19.9 Å². The molecule has 3 aromatic rings. The lowest BCUT2D eigenvalue weighted by molar-refractivity contribution is -0.592. The molecule has 114 valence electrons. The third-order valence-electron chi connectivity index (χ3n) is 3.76. The number of hydrogen-bond acceptors (Lipinski definition) is 6. The summed E-state index contributed by atoms with van der Waals surface area (Å²) in [6.45, 7) is 4.74. The van der Waals surface area contributed by atoms with E-state index in [4.69, 9.17) is 5.11 Å². The number of fused-ring (bicyclic) bond motifs is 1. The molecule has 0 N–H and O–H groups in total. The van der Waals surface area contributed by atoms with Crippen molar-refractivity contribution in [3.63, 3.8) is 0 Å². The van der Waals surface area contributed by atoms with Gasteiger partial charge in [0.05, 0.1) is 17.4 Å². The minimum Gasteiger partial charge on any atom is -0.252 e. The van der Waals surface area contributed by atoms with Gasteiger partial charge in [-0.25, -0.2) is 0 Å². The van der Waals surface area contributed by atoms with Crippen LogP contribution in [0.1, 0.15) is 29.9 Å². The second kappa shape index (κ2) is 5.58. The summed E-state index contributed by atoms with van der Waals surface area (Å²) < 4.78 is 8.57. The second-order valence-corrected chi connectivity index (χ2v) is 5.90. The van der Waals surface area contributed by atoms with E-state index in [0.717, 1.165) is 40.2 Å². The molecule has 6 nitrogen and oxygen atoms in total. The Balaban J connectivity index is 1.81. The Hall–Kier alpha value is -2.54. The van der Waals surface area contributed by atoms with Gasteiger partial charge < -0.3 is 0 Å². The molecule has 0 saturated carbocycles. The van der Waals surface area contributed by atoms with E-state index >= 15 is 0 Å². The largest absolute Gasteiger partial charge is 0.252 e. The Morgan fingerprint density at radius 1 is 1.13 bits per heavy atom. The summed E-state index contributed by atoms with van der Waals surface area (Å²) in [4.78, 5) is 6.34. The third kappa shape index (κ3) is 2.53. The first-order chi connectivity index (χ1) is 11.2. The number of hydrogen-bond donors (Lipinski definition) is 0. The molecule has 1 unspecified atom stereocenters. The van der Waals surface area contributed by atoms with Crippen LogP contribution >= 0.6 is 11.7 Å². The van der Waals surface area contributed by atoms with Crippen molar-refractivity contribution in [1.29, 1.82) is 0 Å². The Labute approximate surface area is 137 Å². The third-order valence-corrected chi connectivity index (χ3v) is 4.31. The van der Waals surface area contributed by atoms with Crippen LogP contribution in [0.25, 0.3) is 11.0 Å². The molecule has 1 atom stereocenters. The van der Waals surface area contributed by atoms with Crippen molar-refractivity contribution >= 4 is 28.5 Å². The molecule has 3 heterocycles. The van der Waals surface area contributed by atoms with Crippen LogP contribution in [0.5, 0.6) is 0 Å². The molecule has 0 aliphatic carbocycles. The minimum absolute atomic E-state index is 0.157. The predicted molar refractivity (Wildman–Crippen MR) is 88.9 cm³/mol. The van der Waals surface area contributed by atoms with E-state index in [1.807, 2.05) is 50.2 Å². The molecule has 0 fully saturated rings. The van der Waals surface area contributed by atoms with Crippen LogP contribution in [0, 0.1) is 6.92 Å². The van der Waals surface area contributed by atoms with E-state index < -0.39 is 0 Å². The monoisotopic (exact) mass is 323 g/mol. The van der Waals surface area contributed by atoms with E-state index in [0.29, 0.717) is 0 Å². The van der Waals surface area contributed by atoms with Gasteiger partial charge >= 0.3 is 0 Å². The van der Waals surface area contributed by atoms with Gasteiger partial charge in [-0.2, -0.15) is 8.75 Å². The van der Waals surface area contributed by atoms with Crippen LogP contribution in [-0.2, 0) is 0 Å². The highest BCUT2D eigenvalue weighted by Gasteiger charge is 2.33. The van der Waals surface area contributed by atoms with Crippen molar-refractivity contribution < 1.29 is 4.81 Å². The van der Waals surface area contributed by atoms with Gasteiger partial charge in [-0.3, -0.25) is 4.98 Å². The second-order valence-electron chi connectivity index (χ2n) is 5.37. The number of aromatic nitrogens is 3. The van der Waals surface area contributed by atoms with Gasteiger partial charge in [-0.1, -0.05) is 12.1 Å². The number of pyridine rings is 1. The van der Waals surface area contributed by atoms with Crippen molar-refractivity contribution in [3.05, 3.63) is 53.3 Å². The summed E-state index contributed by atoms with van der Waals surface area (Å²) in [6, 6.07) is 11.9. The molecule has 0 spiro atoms. The smallest absolute Gasteiger partial charge is 0.200 e. The summed E-state index contributed by atoms with van der Waals surface area (Å²) in [7, 11) is 0. The number of azo groups is 1. The average molecular weight is 323 g/mol. The average Bonchev–Trinajstić information content (AvgIpc) is 3.20. The molecule has 1 aromatic carbocycles. The number of rotatable bonds is 3. The molecule has 2 aromatic heterocycles. The van der Waals surface area contributed by atoms with Crippen molar-refractivity contribution in [1.82, 2.24) is 13.7 Å². The van der Waals surface area contributed by atoms with E-state index in [9.17, 15) is 0 Å². The van der Waals surface area contributed by atoms with Gasteiger partial charge in [0, 0.05) is 27.6 Å². The molecule has 0 amide bonds. The van der Waals surface area contributed by atoms with Crippen LogP contribution in [0.3, 0.4) is 0 Å². The van der Waals surface area contributed by atoms with Crippen molar-refractivity contribution in [2.75, 3.05) is 6.54 Å². The zero-order chi connectivity index (χ0) is 15.8. The summed E-state index contributed by atoms with van der Waals surface area (Å²) in [5.41, 5.74) is 5.58. The maximum atomic E-state index is 4.70. The summed E-state index contributed by atoms with van der Waals surface area (Å²) >= 11 is 1.22. The fraction of sp³-hybridized carbons (Fsp3) is 0.250. The molecule has 7 heteroatoms. The zero-order valence-corrected chi connectivity index (χ0v) is 13.7. The Morgan fingerprint density at radius 2 is 2.00 bits per heavy atom. The van der Waals surface area contributed by atoms with Gasteiger partial charge in [0.15, 0.2) is 18.3 Å². The molecule has 0 bridgehead atoms. The molecule has 1 aliphatic rings. The van der Waals surface area contributed by atoms with Crippen LogP contribution in [0.2, 0.25) is 0 Å². The standard InChI is InChI=1S/C16H15N6S/c1-3-22-18-15(11-7-8-12-14(9-11)21-23-20-12)16(19-22)13-6-4-5-10(2)17-13/h4-9,15H,3H2,1-2H3/q+1. The van der Waals surface area contributed by atoms with E-state index in [1.54, 1.807) is 4.81 Å². The van der Waals surface area contributed by atoms with Gasteiger partial charge in [0.25, 0.3) is 0 Å². The lowest BCUT2D eigenvalue weighted by atomic mass is 10.00. The number of aryl methyl sites for hydroxylation is 1. The SMILES string of the molecule is CC[N+]1=NC(c2ccc3nsnc3c2)C(c2cccc(C)n2)=N1.